The van der Waals surface area contributed by atoms with Gasteiger partial charge in [0, 0.05) is 48.8 Å². The van der Waals surface area contributed by atoms with Crippen LogP contribution < -0.4 is 16.4 Å². The van der Waals surface area contributed by atoms with E-state index in [2.05, 4.69) is 22.1 Å². The van der Waals surface area contributed by atoms with E-state index in [-0.39, 0.29) is 16.9 Å². The number of aliphatic hydroxyl groups excluding tert-OH is 1. The molecule has 1 aliphatic carbocycles. The molecule has 2 aliphatic rings. The molecule has 1 saturated carbocycles. The van der Waals surface area contributed by atoms with Crippen molar-refractivity contribution in [3.05, 3.63) is 35.7 Å². The van der Waals surface area contributed by atoms with Crippen molar-refractivity contribution in [2.75, 3.05) is 37.7 Å². The number of carboxylic acid groups (broad SMARTS) is 1. The van der Waals surface area contributed by atoms with Gasteiger partial charge in [0.15, 0.2) is 5.78 Å². The Kier molecular flexibility index (Phi) is 8.18. The molecule has 188 valence electrons. The third-order valence-corrected chi connectivity index (χ3v) is 7.62. The standard InChI is InChI=1S/C23H31ClF2N4O4/c1-10-18(22(32)11(2)23(33)34)21(29-17-5-16(27)15(25)4-12(17)9-31)19(24)14(20(10)26)8-30-6-13(7-30)28-3/h4-5,10,13-14,18-21,28-29,31H,2,6-9,27H2,1,3H3,(H,33,34)/t10?,14-,18?,19?,20?,21?/m1/s1. The van der Waals surface area contributed by atoms with Crippen molar-refractivity contribution in [3.8, 4) is 0 Å². The van der Waals surface area contributed by atoms with Gasteiger partial charge < -0.3 is 26.6 Å². The lowest BCUT2D eigenvalue weighted by molar-refractivity contribution is -0.136. The number of aliphatic carboxylic acids is 1. The molecular formula is C23H31ClF2N4O4. The van der Waals surface area contributed by atoms with Crippen molar-refractivity contribution >= 4 is 34.7 Å². The second kappa shape index (κ2) is 10.6. The molecule has 8 nitrogen and oxygen atoms in total. The van der Waals surface area contributed by atoms with Crippen LogP contribution in [0.1, 0.15) is 12.5 Å². The minimum Gasteiger partial charge on any atom is -0.478 e. The van der Waals surface area contributed by atoms with Crippen LogP contribution in [0.4, 0.5) is 20.2 Å². The maximum absolute atomic E-state index is 15.6. The van der Waals surface area contributed by atoms with Crippen LogP contribution in [0.2, 0.25) is 0 Å². The lowest BCUT2D eigenvalue weighted by Gasteiger charge is -2.49. The van der Waals surface area contributed by atoms with Crippen molar-refractivity contribution in [2.45, 2.75) is 37.2 Å². The van der Waals surface area contributed by atoms with Crippen LogP contribution >= 0.6 is 11.6 Å². The van der Waals surface area contributed by atoms with E-state index < -0.39 is 65.1 Å². The average Bonchev–Trinajstić information content (AvgIpc) is 2.77. The van der Waals surface area contributed by atoms with Gasteiger partial charge in [-0.15, -0.1) is 11.6 Å². The second-order valence-electron chi connectivity index (χ2n) is 9.15. The Labute approximate surface area is 202 Å². The van der Waals surface area contributed by atoms with Crippen LogP contribution in [-0.4, -0.2) is 77.2 Å². The van der Waals surface area contributed by atoms with E-state index in [0.29, 0.717) is 12.6 Å². The predicted molar refractivity (Wildman–Crippen MR) is 126 cm³/mol. The summed E-state index contributed by atoms with van der Waals surface area (Å²) in [4.78, 5) is 26.6. The summed E-state index contributed by atoms with van der Waals surface area (Å²) in [5.41, 5.74) is 5.25. The lowest BCUT2D eigenvalue weighted by Crippen LogP contribution is -2.63. The van der Waals surface area contributed by atoms with Crippen molar-refractivity contribution in [1.82, 2.24) is 10.2 Å². The number of aliphatic hydroxyl groups is 1. The Morgan fingerprint density at radius 3 is 2.56 bits per heavy atom. The highest BCUT2D eigenvalue weighted by Crippen LogP contribution is 2.43. The van der Waals surface area contributed by atoms with Crippen molar-refractivity contribution in [3.63, 3.8) is 0 Å². The number of carbonyl (C=O) groups is 2. The predicted octanol–water partition coefficient (Wildman–Crippen LogP) is 1.62. The van der Waals surface area contributed by atoms with Crippen molar-refractivity contribution in [1.29, 1.82) is 0 Å². The van der Waals surface area contributed by atoms with Gasteiger partial charge in [0.05, 0.1) is 29.3 Å². The number of alkyl halides is 2. The SMILES string of the molecule is C=C(C(=O)O)C(=O)C1C(C)C(F)[C@H](CN2CC(NC)C2)C(Cl)C1Nc1cc(N)c(F)cc1CO. The first-order chi connectivity index (χ1) is 16.0. The maximum Gasteiger partial charge on any atom is 0.338 e. The number of nitrogens with one attached hydrogen (secondary N) is 2. The highest BCUT2D eigenvalue weighted by Gasteiger charge is 2.53. The normalized spacial score (nSPS) is 29.9. The number of carbonyl (C=O) groups excluding carboxylic acids is 1. The van der Waals surface area contributed by atoms with E-state index >= 15 is 4.39 Å². The van der Waals surface area contributed by atoms with E-state index in [1.807, 2.05) is 7.05 Å². The van der Waals surface area contributed by atoms with Crippen LogP contribution in [0, 0.1) is 23.6 Å². The zero-order valence-corrected chi connectivity index (χ0v) is 19.9. The third kappa shape index (κ3) is 5.05. The minimum absolute atomic E-state index is 0.171. The molecule has 0 radical (unpaired) electrons. The molecule has 1 aliphatic heterocycles. The summed E-state index contributed by atoms with van der Waals surface area (Å²) in [6.45, 7) is 6.20. The van der Waals surface area contributed by atoms with E-state index in [4.69, 9.17) is 17.3 Å². The number of rotatable bonds is 9. The maximum atomic E-state index is 15.6. The third-order valence-electron chi connectivity index (χ3n) is 7.02. The minimum atomic E-state index is -1.50. The Hall–Kier alpha value is -2.27. The average molecular weight is 501 g/mol. The van der Waals surface area contributed by atoms with Gasteiger partial charge in [-0.1, -0.05) is 13.5 Å². The number of benzene rings is 1. The van der Waals surface area contributed by atoms with Gasteiger partial charge in [-0.25, -0.2) is 13.6 Å². The summed E-state index contributed by atoms with van der Waals surface area (Å²) in [5, 5.41) is 24.3. The molecule has 0 amide bonds. The highest BCUT2D eigenvalue weighted by atomic mass is 35.5. The summed E-state index contributed by atoms with van der Waals surface area (Å²) >= 11 is 6.80. The number of carboxylic acids is 1. The number of anilines is 2. The number of nitrogen functional groups attached to an aromatic ring is 1. The number of likely N-dealkylation sites (N-methyl/N-ethyl adjacent to an activating group) is 1. The molecule has 2 fully saturated rings. The molecule has 34 heavy (non-hydrogen) atoms. The van der Waals surface area contributed by atoms with E-state index in [1.165, 1.54) is 6.07 Å². The number of halogens is 3. The quantitative estimate of drug-likeness (QED) is 0.114. The molecule has 3 rings (SSSR count). The second-order valence-corrected chi connectivity index (χ2v) is 9.65. The molecule has 0 aromatic heterocycles. The number of nitrogens with two attached hydrogens (primary N) is 1. The number of likely N-dealkylation sites (tertiary alicyclic amines) is 1. The molecule has 0 spiro atoms. The number of nitrogens with zero attached hydrogens (tertiary/aromatic N) is 1. The molecule has 1 aromatic carbocycles. The zero-order valence-electron chi connectivity index (χ0n) is 19.1. The van der Waals surface area contributed by atoms with Crippen LogP contribution in [-0.2, 0) is 16.2 Å². The molecule has 1 aromatic rings. The van der Waals surface area contributed by atoms with Crippen LogP contribution in [0.3, 0.4) is 0 Å². The summed E-state index contributed by atoms with van der Waals surface area (Å²) in [6.07, 6.45) is -1.47. The van der Waals surface area contributed by atoms with E-state index in [9.17, 15) is 24.2 Å². The largest absolute Gasteiger partial charge is 0.478 e. The molecular weight excluding hydrogens is 470 g/mol. The number of ketones is 1. The fourth-order valence-corrected chi connectivity index (χ4v) is 5.35. The molecule has 5 unspecified atom stereocenters. The van der Waals surface area contributed by atoms with Gasteiger partial charge in [0.2, 0.25) is 0 Å². The molecule has 6 N–H and O–H groups in total. The van der Waals surface area contributed by atoms with Gasteiger partial charge in [-0.3, -0.25) is 9.69 Å². The van der Waals surface area contributed by atoms with Gasteiger partial charge in [0.25, 0.3) is 0 Å². The van der Waals surface area contributed by atoms with Gasteiger partial charge >= 0.3 is 5.97 Å². The van der Waals surface area contributed by atoms with E-state index in [1.54, 1.807) is 6.92 Å². The number of Topliss-reactive ketones (excluding diaryl/α,β-unsaturated/α-hetero) is 1. The Balaban J connectivity index is 1.97. The molecule has 6 atom stereocenters. The van der Waals surface area contributed by atoms with Crippen molar-refractivity contribution < 1.29 is 28.6 Å². The van der Waals surface area contributed by atoms with E-state index in [0.717, 1.165) is 19.2 Å². The Morgan fingerprint density at radius 2 is 2.00 bits per heavy atom. The fraction of sp³-hybridized carbons (Fsp3) is 0.565. The molecule has 0 bridgehead atoms. The Bertz CT molecular complexity index is 959. The van der Waals surface area contributed by atoms with Gasteiger partial charge in [-0.05, 0) is 25.1 Å². The van der Waals surface area contributed by atoms with Gasteiger partial charge in [-0.2, -0.15) is 0 Å². The molecule has 1 saturated heterocycles. The van der Waals surface area contributed by atoms with Crippen LogP contribution in [0.15, 0.2) is 24.3 Å². The molecule has 1 heterocycles. The van der Waals surface area contributed by atoms with Gasteiger partial charge in [0.1, 0.15) is 12.0 Å². The van der Waals surface area contributed by atoms with Crippen molar-refractivity contribution in [2.24, 2.45) is 17.8 Å². The summed E-state index contributed by atoms with van der Waals surface area (Å²) in [5.74, 6) is -5.75. The number of hydrogen-bond acceptors (Lipinski definition) is 7. The van der Waals surface area contributed by atoms with Crippen LogP contribution in [0.5, 0.6) is 0 Å². The fourth-order valence-electron chi connectivity index (χ4n) is 4.91. The summed E-state index contributed by atoms with van der Waals surface area (Å²) in [7, 11) is 1.85. The monoisotopic (exact) mass is 500 g/mol. The Morgan fingerprint density at radius 1 is 1.35 bits per heavy atom. The first kappa shape index (κ1) is 26.3. The smallest absolute Gasteiger partial charge is 0.338 e. The summed E-state index contributed by atoms with van der Waals surface area (Å²) < 4.78 is 29.6. The first-order valence-electron chi connectivity index (χ1n) is 11.1. The topological polar surface area (TPSA) is 128 Å². The molecule has 11 heteroatoms. The zero-order chi connectivity index (χ0) is 25.3. The number of hydrogen-bond donors (Lipinski definition) is 5. The van der Waals surface area contributed by atoms with Crippen LogP contribution in [0.25, 0.3) is 0 Å². The highest BCUT2D eigenvalue weighted by molar-refractivity contribution is 6.23. The summed E-state index contributed by atoms with van der Waals surface area (Å²) in [6, 6.07) is 1.72. The lowest BCUT2D eigenvalue weighted by atomic mass is 9.67. The first-order valence-corrected chi connectivity index (χ1v) is 11.5.